The van der Waals surface area contributed by atoms with Gasteiger partial charge in [0.05, 0.1) is 12.6 Å². The molecule has 3 nitrogen and oxygen atoms in total. The van der Waals surface area contributed by atoms with Crippen molar-refractivity contribution in [1.29, 1.82) is 0 Å². The number of aliphatic hydroxyl groups is 1. The van der Waals surface area contributed by atoms with Gasteiger partial charge in [-0.25, -0.2) is 4.39 Å². The van der Waals surface area contributed by atoms with Crippen molar-refractivity contribution in [3.8, 4) is 0 Å². The Balaban J connectivity index is 2.96. The highest BCUT2D eigenvalue weighted by Gasteiger charge is 2.17. The van der Waals surface area contributed by atoms with Crippen molar-refractivity contribution < 1.29 is 14.3 Å². The van der Waals surface area contributed by atoms with Gasteiger partial charge in [-0.3, -0.25) is 4.79 Å². The fourth-order valence-electron chi connectivity index (χ4n) is 1.39. The van der Waals surface area contributed by atoms with Crippen LogP contribution in [0.25, 0.3) is 0 Å². The monoisotopic (exact) mass is 225 g/mol. The van der Waals surface area contributed by atoms with Crippen LogP contribution >= 0.6 is 0 Å². The van der Waals surface area contributed by atoms with E-state index in [1.807, 2.05) is 0 Å². The van der Waals surface area contributed by atoms with E-state index in [-0.39, 0.29) is 18.6 Å². The minimum Gasteiger partial charge on any atom is -0.394 e. The number of halogens is 1. The van der Waals surface area contributed by atoms with Crippen LogP contribution in [0.3, 0.4) is 0 Å². The second kappa shape index (κ2) is 5.07. The molecule has 0 aliphatic carbocycles. The van der Waals surface area contributed by atoms with E-state index in [0.29, 0.717) is 11.1 Å². The van der Waals surface area contributed by atoms with Gasteiger partial charge in [0.25, 0.3) is 5.91 Å². The maximum absolute atomic E-state index is 13.1. The van der Waals surface area contributed by atoms with Crippen LogP contribution in [0.1, 0.15) is 22.8 Å². The predicted molar refractivity (Wildman–Crippen MR) is 59.8 cm³/mol. The molecule has 16 heavy (non-hydrogen) atoms. The zero-order chi connectivity index (χ0) is 12.3. The average molecular weight is 225 g/mol. The van der Waals surface area contributed by atoms with Crippen molar-refractivity contribution in [2.45, 2.75) is 19.9 Å². The molecule has 0 fully saturated rings. The molecule has 0 spiro atoms. The second-order valence-corrected chi connectivity index (χ2v) is 3.96. The number of nitrogens with zero attached hydrogens (tertiary/aromatic N) is 1. The van der Waals surface area contributed by atoms with Crippen LogP contribution in [0, 0.1) is 12.7 Å². The summed E-state index contributed by atoms with van der Waals surface area (Å²) in [6, 6.07) is 3.92. The van der Waals surface area contributed by atoms with E-state index >= 15 is 0 Å². The Bertz CT molecular complexity index is 372. The standard InChI is InChI=1S/C12H16FNO2/c1-8-4-10(6-11(13)5-8)12(16)14(3)9(2)7-15/h4-6,9,15H,7H2,1-3H3/t9-/m1/s1. The molecule has 0 aliphatic heterocycles. The van der Waals surface area contributed by atoms with E-state index < -0.39 is 5.82 Å². The van der Waals surface area contributed by atoms with Gasteiger partial charge in [0, 0.05) is 12.6 Å². The molecule has 4 heteroatoms. The minimum atomic E-state index is -0.423. The van der Waals surface area contributed by atoms with Crippen molar-refractivity contribution >= 4 is 5.91 Å². The Labute approximate surface area is 94.5 Å². The van der Waals surface area contributed by atoms with Gasteiger partial charge in [-0.2, -0.15) is 0 Å². The fourth-order valence-corrected chi connectivity index (χ4v) is 1.39. The van der Waals surface area contributed by atoms with E-state index in [0.717, 1.165) is 0 Å². The molecule has 0 aliphatic rings. The summed E-state index contributed by atoms with van der Waals surface area (Å²) in [4.78, 5) is 13.3. The van der Waals surface area contributed by atoms with E-state index in [1.54, 1.807) is 27.0 Å². The molecular weight excluding hydrogens is 209 g/mol. The Morgan fingerprint density at radius 2 is 2.12 bits per heavy atom. The van der Waals surface area contributed by atoms with Crippen LogP contribution in [0.15, 0.2) is 18.2 Å². The van der Waals surface area contributed by atoms with Gasteiger partial charge in [0.2, 0.25) is 0 Å². The highest BCUT2D eigenvalue weighted by atomic mass is 19.1. The molecule has 0 heterocycles. The Morgan fingerprint density at radius 1 is 1.50 bits per heavy atom. The summed E-state index contributed by atoms with van der Waals surface area (Å²) >= 11 is 0. The largest absolute Gasteiger partial charge is 0.394 e. The molecule has 0 unspecified atom stereocenters. The molecule has 1 N–H and O–H groups in total. The molecule has 0 aromatic heterocycles. The minimum absolute atomic E-state index is 0.115. The number of aryl methyl sites for hydroxylation is 1. The molecule has 1 aromatic rings. The quantitative estimate of drug-likeness (QED) is 0.848. The first kappa shape index (κ1) is 12.6. The number of rotatable bonds is 3. The van der Waals surface area contributed by atoms with Crippen molar-refractivity contribution in [2.24, 2.45) is 0 Å². The summed E-state index contributed by atoms with van der Waals surface area (Å²) in [6.07, 6.45) is 0. The van der Waals surface area contributed by atoms with Gasteiger partial charge in [0.1, 0.15) is 5.82 Å². The lowest BCUT2D eigenvalue weighted by molar-refractivity contribution is 0.0681. The van der Waals surface area contributed by atoms with Gasteiger partial charge < -0.3 is 10.0 Å². The number of amides is 1. The van der Waals surface area contributed by atoms with Crippen LogP contribution in [0.2, 0.25) is 0 Å². The van der Waals surface area contributed by atoms with Gasteiger partial charge in [-0.15, -0.1) is 0 Å². The lowest BCUT2D eigenvalue weighted by Gasteiger charge is -2.23. The number of benzene rings is 1. The van der Waals surface area contributed by atoms with Crippen molar-refractivity contribution in [3.05, 3.63) is 35.1 Å². The third-order valence-electron chi connectivity index (χ3n) is 2.53. The Hall–Kier alpha value is -1.42. The highest BCUT2D eigenvalue weighted by Crippen LogP contribution is 2.11. The molecule has 0 saturated carbocycles. The maximum Gasteiger partial charge on any atom is 0.254 e. The highest BCUT2D eigenvalue weighted by molar-refractivity contribution is 5.94. The molecule has 1 rings (SSSR count). The second-order valence-electron chi connectivity index (χ2n) is 3.96. The number of carbonyl (C=O) groups is 1. The van der Waals surface area contributed by atoms with Gasteiger partial charge in [-0.05, 0) is 37.6 Å². The molecule has 0 saturated heterocycles. The van der Waals surface area contributed by atoms with E-state index in [1.165, 1.54) is 17.0 Å². The van der Waals surface area contributed by atoms with Crippen LogP contribution in [0.5, 0.6) is 0 Å². The van der Waals surface area contributed by atoms with Crippen molar-refractivity contribution in [3.63, 3.8) is 0 Å². The summed E-state index contributed by atoms with van der Waals surface area (Å²) in [6.45, 7) is 3.34. The summed E-state index contributed by atoms with van der Waals surface area (Å²) in [5, 5.41) is 8.94. The van der Waals surface area contributed by atoms with Gasteiger partial charge in [-0.1, -0.05) is 0 Å². The molecule has 0 bridgehead atoms. The first-order valence-corrected chi connectivity index (χ1v) is 5.11. The van der Waals surface area contributed by atoms with Crippen LogP contribution in [-0.2, 0) is 0 Å². The molecule has 0 radical (unpaired) electrons. The Kier molecular flexibility index (Phi) is 4.01. The topological polar surface area (TPSA) is 40.5 Å². The van der Waals surface area contributed by atoms with Gasteiger partial charge in [0.15, 0.2) is 0 Å². The van der Waals surface area contributed by atoms with Gasteiger partial charge >= 0.3 is 0 Å². The smallest absolute Gasteiger partial charge is 0.254 e. The summed E-state index contributed by atoms with van der Waals surface area (Å²) in [5.74, 6) is -0.711. The lowest BCUT2D eigenvalue weighted by atomic mass is 10.1. The zero-order valence-corrected chi connectivity index (χ0v) is 9.70. The lowest BCUT2D eigenvalue weighted by Crippen LogP contribution is -2.37. The number of aliphatic hydroxyl groups excluding tert-OH is 1. The maximum atomic E-state index is 13.1. The van der Waals surface area contributed by atoms with Crippen LogP contribution in [0.4, 0.5) is 4.39 Å². The SMILES string of the molecule is Cc1cc(F)cc(C(=O)N(C)[C@H](C)CO)c1. The number of hydrogen-bond donors (Lipinski definition) is 1. The van der Waals surface area contributed by atoms with E-state index in [9.17, 15) is 9.18 Å². The zero-order valence-electron chi connectivity index (χ0n) is 9.70. The summed E-state index contributed by atoms with van der Waals surface area (Å²) in [5.41, 5.74) is 1.01. The summed E-state index contributed by atoms with van der Waals surface area (Å²) in [7, 11) is 1.59. The van der Waals surface area contributed by atoms with Crippen LogP contribution < -0.4 is 0 Å². The number of likely N-dealkylation sites (N-methyl/N-ethyl adjacent to an activating group) is 1. The molecule has 1 aromatic carbocycles. The molecule has 1 atom stereocenters. The predicted octanol–water partition coefficient (Wildman–Crippen LogP) is 1.59. The number of hydrogen-bond acceptors (Lipinski definition) is 2. The normalized spacial score (nSPS) is 12.3. The third kappa shape index (κ3) is 2.79. The first-order valence-electron chi connectivity index (χ1n) is 5.11. The van der Waals surface area contributed by atoms with Crippen molar-refractivity contribution in [2.75, 3.05) is 13.7 Å². The third-order valence-corrected chi connectivity index (χ3v) is 2.53. The molecule has 1 amide bonds. The van der Waals surface area contributed by atoms with Crippen molar-refractivity contribution in [1.82, 2.24) is 4.90 Å². The molecule has 88 valence electrons. The van der Waals surface area contributed by atoms with E-state index in [2.05, 4.69) is 0 Å². The average Bonchev–Trinajstić information content (AvgIpc) is 2.24. The Morgan fingerprint density at radius 3 is 2.62 bits per heavy atom. The number of carbonyl (C=O) groups excluding carboxylic acids is 1. The summed E-state index contributed by atoms with van der Waals surface area (Å²) < 4.78 is 13.1. The first-order chi connectivity index (χ1) is 7.45. The fraction of sp³-hybridized carbons (Fsp3) is 0.417. The molecular formula is C12H16FNO2. The van der Waals surface area contributed by atoms with E-state index in [4.69, 9.17) is 5.11 Å². The van der Waals surface area contributed by atoms with Crippen LogP contribution in [-0.4, -0.2) is 35.6 Å².